The van der Waals surface area contributed by atoms with Crippen LogP contribution in [0.25, 0.3) is 22.3 Å². The zero-order valence-corrected chi connectivity index (χ0v) is 41.9. The van der Waals surface area contributed by atoms with E-state index in [9.17, 15) is 29.7 Å². The van der Waals surface area contributed by atoms with Crippen LogP contribution in [-0.2, 0) is 25.7 Å². The normalized spacial score (nSPS) is 17.1. The Kier molecular flexibility index (Phi) is 16.0. The average Bonchev–Trinajstić information content (AvgIpc) is 3.21. The Labute approximate surface area is 392 Å². The number of aliphatic hydroxyl groups excluding tert-OH is 1. The molecule has 0 unspecified atom stereocenters. The van der Waals surface area contributed by atoms with Crippen LogP contribution in [0.3, 0.4) is 0 Å². The lowest BCUT2D eigenvalue weighted by Gasteiger charge is -2.41. The maximum Gasteiger partial charge on any atom is 0.337 e. The van der Waals surface area contributed by atoms with E-state index in [1.807, 2.05) is 106 Å². The lowest BCUT2D eigenvalue weighted by Crippen LogP contribution is -2.39. The number of hydrogen-bond acceptors (Lipinski definition) is 10. The molecule has 0 saturated carbocycles. The first kappa shape index (κ1) is 51.8. The number of nitrogens with zero attached hydrogens (tertiary/aromatic N) is 4. The Balaban J connectivity index is 0.000000247. The molecule has 0 bridgehead atoms. The first-order valence-corrected chi connectivity index (χ1v) is 23.2. The van der Waals surface area contributed by atoms with E-state index in [2.05, 4.69) is 37.5 Å². The summed E-state index contributed by atoms with van der Waals surface area (Å²) in [6.45, 7) is 31.3. The number of rotatable bonds is 12. The Morgan fingerprint density at radius 3 is 1.24 bits per heavy atom. The summed E-state index contributed by atoms with van der Waals surface area (Å²) < 4.78 is 12.2. The lowest BCUT2D eigenvalue weighted by atomic mass is 9.81. The molecule has 2 atom stereocenters. The number of aliphatic carboxylic acids is 2. The zero-order chi connectivity index (χ0) is 49.1. The van der Waals surface area contributed by atoms with Crippen molar-refractivity contribution in [2.75, 3.05) is 36.0 Å². The van der Waals surface area contributed by atoms with E-state index in [0.717, 1.165) is 109 Å². The number of hydrogen-bond donors (Lipinski definition) is 3. The summed E-state index contributed by atoms with van der Waals surface area (Å²) in [6.07, 6.45) is 2.61. The number of benzene rings is 2. The second-order valence-electron chi connectivity index (χ2n) is 21.6. The SMILES string of the molecule is Cc1nc(C)c([C@H](OC(C)(C)C)C(=O)O)c(N2CCC(C)(C)CC2)c1-c1ccc(C=O)cc1.Cc1nc(C)c([C@H](OC(C)(C)C)C(=O)O)c(N2CCC(C)(C)CC2)c1-c1ccc(CO)cc1. The second kappa shape index (κ2) is 20.4. The van der Waals surface area contributed by atoms with Gasteiger partial charge < -0.3 is 34.6 Å². The van der Waals surface area contributed by atoms with E-state index >= 15 is 0 Å². The summed E-state index contributed by atoms with van der Waals surface area (Å²) in [5.74, 6) is -2.04. The van der Waals surface area contributed by atoms with E-state index < -0.39 is 35.3 Å². The van der Waals surface area contributed by atoms with Gasteiger partial charge >= 0.3 is 11.9 Å². The van der Waals surface area contributed by atoms with Crippen molar-refractivity contribution in [3.63, 3.8) is 0 Å². The summed E-state index contributed by atoms with van der Waals surface area (Å²) in [5, 5.41) is 29.9. The van der Waals surface area contributed by atoms with Crippen molar-refractivity contribution in [2.45, 2.75) is 153 Å². The summed E-state index contributed by atoms with van der Waals surface area (Å²) in [4.78, 5) is 50.3. The Morgan fingerprint density at radius 1 is 0.621 bits per heavy atom. The Bertz CT molecular complexity index is 2360. The molecule has 0 amide bonds. The van der Waals surface area contributed by atoms with Crippen molar-refractivity contribution in [3.05, 3.63) is 93.6 Å². The molecule has 2 aliphatic heterocycles. The van der Waals surface area contributed by atoms with Crippen molar-refractivity contribution in [3.8, 4) is 22.3 Å². The number of aryl methyl sites for hydroxylation is 4. The molecular formula is C54H74N4O8. The lowest BCUT2D eigenvalue weighted by molar-refractivity contribution is -0.161. The van der Waals surface area contributed by atoms with Gasteiger partial charge in [-0.05, 0) is 122 Å². The molecule has 12 nitrogen and oxygen atoms in total. The number of aldehydes is 1. The molecule has 4 aromatic rings. The molecule has 358 valence electrons. The van der Waals surface area contributed by atoms with Gasteiger partial charge in [-0.1, -0.05) is 76.2 Å². The van der Waals surface area contributed by atoms with Gasteiger partial charge in [0.1, 0.15) is 6.29 Å². The van der Waals surface area contributed by atoms with E-state index in [1.165, 1.54) is 0 Å². The number of carboxylic acid groups (broad SMARTS) is 2. The minimum absolute atomic E-state index is 0.0226. The molecule has 0 aliphatic carbocycles. The quantitative estimate of drug-likeness (QED) is 0.116. The van der Waals surface area contributed by atoms with Gasteiger partial charge in [0, 0.05) is 76.8 Å². The van der Waals surface area contributed by atoms with E-state index in [4.69, 9.17) is 19.4 Å². The number of aromatic nitrogens is 2. The minimum atomic E-state index is -1.14. The molecule has 0 radical (unpaired) electrons. The number of piperidine rings is 2. The average molecular weight is 907 g/mol. The standard InChI is InChI=1S/C27H38N2O4.C27H36N2O4/c2*1-17-21(20-10-8-19(16-30)9-11-20)23(29-14-12-27(6,7)13-15-29)22(18(2)28-17)24(25(31)32)33-26(3,4)5/h8-11,24,30H,12-16H2,1-7H3,(H,31,32);8-11,16,24H,12-15H2,1-7H3,(H,31,32)/t2*24-/m00/s1. The molecule has 2 fully saturated rings. The van der Waals surface area contributed by atoms with Crippen molar-refractivity contribution >= 4 is 29.6 Å². The smallest absolute Gasteiger partial charge is 0.337 e. The molecule has 2 aromatic heterocycles. The van der Waals surface area contributed by atoms with Crippen LogP contribution in [0.4, 0.5) is 11.4 Å². The monoisotopic (exact) mass is 907 g/mol. The number of pyridine rings is 2. The summed E-state index contributed by atoms with van der Waals surface area (Å²) in [7, 11) is 0. The number of carbonyl (C=O) groups is 3. The number of carbonyl (C=O) groups excluding carboxylic acids is 1. The highest BCUT2D eigenvalue weighted by atomic mass is 16.5. The maximum atomic E-state index is 12.5. The van der Waals surface area contributed by atoms with Crippen LogP contribution in [0.1, 0.15) is 157 Å². The van der Waals surface area contributed by atoms with Crippen LogP contribution in [-0.4, -0.2) is 80.9 Å². The van der Waals surface area contributed by atoms with Gasteiger partial charge in [-0.15, -0.1) is 0 Å². The molecule has 4 heterocycles. The fourth-order valence-electron chi connectivity index (χ4n) is 9.02. The minimum Gasteiger partial charge on any atom is -0.479 e. The van der Waals surface area contributed by atoms with Crippen LogP contribution in [0.5, 0.6) is 0 Å². The summed E-state index contributed by atoms with van der Waals surface area (Å²) in [5.41, 5.74) is 10.4. The molecule has 66 heavy (non-hydrogen) atoms. The topological polar surface area (TPSA) is 163 Å². The number of anilines is 2. The highest BCUT2D eigenvalue weighted by Crippen LogP contribution is 2.47. The zero-order valence-electron chi connectivity index (χ0n) is 41.9. The van der Waals surface area contributed by atoms with Gasteiger partial charge in [0.25, 0.3) is 0 Å². The molecule has 0 spiro atoms. The van der Waals surface area contributed by atoms with Gasteiger partial charge in [0.15, 0.2) is 12.2 Å². The fourth-order valence-corrected chi connectivity index (χ4v) is 9.02. The van der Waals surface area contributed by atoms with Crippen LogP contribution < -0.4 is 9.80 Å². The van der Waals surface area contributed by atoms with Crippen molar-refractivity contribution in [1.82, 2.24) is 9.97 Å². The van der Waals surface area contributed by atoms with Gasteiger partial charge in [-0.3, -0.25) is 14.8 Å². The first-order valence-electron chi connectivity index (χ1n) is 23.2. The van der Waals surface area contributed by atoms with Crippen molar-refractivity contribution < 1.29 is 39.2 Å². The molecule has 2 saturated heterocycles. The van der Waals surface area contributed by atoms with Crippen LogP contribution in [0.15, 0.2) is 48.5 Å². The largest absolute Gasteiger partial charge is 0.479 e. The molecule has 2 aromatic carbocycles. The first-order chi connectivity index (χ1) is 30.7. The number of ether oxygens (including phenoxy) is 2. The summed E-state index contributed by atoms with van der Waals surface area (Å²) in [6, 6.07) is 15.1. The molecule has 2 aliphatic rings. The van der Waals surface area contributed by atoms with Crippen molar-refractivity contribution in [2.24, 2.45) is 10.8 Å². The number of carboxylic acids is 2. The third-order valence-electron chi connectivity index (χ3n) is 12.7. The van der Waals surface area contributed by atoms with Crippen LogP contribution >= 0.6 is 0 Å². The van der Waals surface area contributed by atoms with Crippen LogP contribution in [0.2, 0.25) is 0 Å². The molecule has 12 heteroatoms. The van der Waals surface area contributed by atoms with Crippen molar-refractivity contribution in [1.29, 1.82) is 0 Å². The van der Waals surface area contributed by atoms with E-state index in [-0.39, 0.29) is 17.4 Å². The van der Waals surface area contributed by atoms with Gasteiger partial charge in [0.05, 0.1) is 29.2 Å². The predicted octanol–water partition coefficient (Wildman–Crippen LogP) is 11.2. The molecular weight excluding hydrogens is 833 g/mol. The predicted molar refractivity (Wildman–Crippen MR) is 262 cm³/mol. The highest BCUT2D eigenvalue weighted by Gasteiger charge is 2.38. The van der Waals surface area contributed by atoms with Gasteiger partial charge in [-0.25, -0.2) is 9.59 Å². The summed E-state index contributed by atoms with van der Waals surface area (Å²) >= 11 is 0. The third-order valence-corrected chi connectivity index (χ3v) is 12.7. The Morgan fingerprint density at radius 2 is 0.955 bits per heavy atom. The molecule has 3 N–H and O–H groups in total. The van der Waals surface area contributed by atoms with Gasteiger partial charge in [0.2, 0.25) is 0 Å². The van der Waals surface area contributed by atoms with Crippen LogP contribution in [0, 0.1) is 38.5 Å². The highest BCUT2D eigenvalue weighted by molar-refractivity contribution is 5.90. The second-order valence-corrected chi connectivity index (χ2v) is 21.6. The third kappa shape index (κ3) is 12.6. The number of aliphatic hydroxyl groups is 1. The van der Waals surface area contributed by atoms with E-state index in [1.54, 1.807) is 12.1 Å². The van der Waals surface area contributed by atoms with Gasteiger partial charge in [-0.2, -0.15) is 0 Å². The fraction of sp³-hybridized carbons (Fsp3) is 0.537. The Hall–Kier alpha value is -5.17. The molecule has 6 rings (SSSR count). The van der Waals surface area contributed by atoms with E-state index in [0.29, 0.717) is 28.1 Å². The maximum absolute atomic E-state index is 12.5.